The molecule has 1 fully saturated rings. The number of rotatable bonds is 8. The molecule has 0 unspecified atom stereocenters. The summed E-state index contributed by atoms with van der Waals surface area (Å²) < 4.78 is 11.1. The second-order valence-electron chi connectivity index (χ2n) is 7.88. The molecule has 1 aliphatic heterocycles. The summed E-state index contributed by atoms with van der Waals surface area (Å²) in [7, 11) is 3.64. The van der Waals surface area contributed by atoms with Crippen molar-refractivity contribution in [3.63, 3.8) is 0 Å². The van der Waals surface area contributed by atoms with Crippen LogP contribution in [0.1, 0.15) is 18.2 Å². The van der Waals surface area contributed by atoms with E-state index in [4.69, 9.17) is 9.47 Å². The van der Waals surface area contributed by atoms with Crippen molar-refractivity contribution in [1.29, 1.82) is 0 Å². The van der Waals surface area contributed by atoms with Gasteiger partial charge in [0.2, 0.25) is 5.91 Å². The molecular weight excluding hydrogens is 418 g/mol. The molecule has 8 heteroatoms. The van der Waals surface area contributed by atoms with E-state index in [1.165, 1.54) is 0 Å². The molecule has 1 aliphatic rings. The summed E-state index contributed by atoms with van der Waals surface area (Å²) in [5, 5.41) is 3.22. The first-order valence-corrected chi connectivity index (χ1v) is 11.0. The fourth-order valence-electron chi connectivity index (χ4n) is 3.70. The van der Waals surface area contributed by atoms with Gasteiger partial charge in [0.05, 0.1) is 37.8 Å². The van der Waals surface area contributed by atoms with Gasteiger partial charge in [-0.05, 0) is 48.5 Å². The number of methoxy groups -OCH3 is 1. The lowest BCUT2D eigenvalue weighted by atomic mass is 10.1. The fourth-order valence-corrected chi connectivity index (χ4v) is 3.70. The van der Waals surface area contributed by atoms with E-state index >= 15 is 0 Å². The number of benzene rings is 1. The van der Waals surface area contributed by atoms with E-state index in [1.807, 2.05) is 66.5 Å². The van der Waals surface area contributed by atoms with Crippen molar-refractivity contribution in [1.82, 2.24) is 14.9 Å². The monoisotopic (exact) mass is 447 g/mol. The van der Waals surface area contributed by atoms with E-state index in [2.05, 4.69) is 20.2 Å². The first kappa shape index (κ1) is 22.5. The Morgan fingerprint density at radius 1 is 1.18 bits per heavy atom. The van der Waals surface area contributed by atoms with E-state index in [9.17, 15) is 4.79 Å². The number of nitrogens with one attached hydrogen (secondary N) is 1. The zero-order valence-electron chi connectivity index (χ0n) is 19.0. The minimum Gasteiger partial charge on any atom is -0.497 e. The van der Waals surface area contributed by atoms with E-state index in [0.29, 0.717) is 32.7 Å². The summed E-state index contributed by atoms with van der Waals surface area (Å²) in [5.41, 5.74) is 2.71. The summed E-state index contributed by atoms with van der Waals surface area (Å²) in [6, 6.07) is 17.4. The molecule has 1 N–H and O–H groups in total. The molecule has 0 aliphatic carbocycles. The predicted molar refractivity (Wildman–Crippen MR) is 128 cm³/mol. The number of anilines is 3. The highest BCUT2D eigenvalue weighted by molar-refractivity contribution is 5.77. The Morgan fingerprint density at radius 3 is 2.73 bits per heavy atom. The number of carbonyl (C=O) groups is 1. The fraction of sp³-hybridized carbons (Fsp3) is 0.320. The number of nitrogens with zero attached hydrogens (tertiary/aromatic N) is 4. The van der Waals surface area contributed by atoms with Gasteiger partial charge in [-0.3, -0.25) is 9.78 Å². The number of aromatic nitrogens is 2. The van der Waals surface area contributed by atoms with Crippen LogP contribution in [0.4, 0.5) is 17.2 Å². The molecule has 172 valence electrons. The third-order valence-electron chi connectivity index (χ3n) is 5.65. The first-order chi connectivity index (χ1) is 16.1. The second-order valence-corrected chi connectivity index (χ2v) is 7.88. The summed E-state index contributed by atoms with van der Waals surface area (Å²) in [6.45, 7) is 2.24. The Labute approximate surface area is 194 Å². The Balaban J connectivity index is 1.29. The molecule has 0 spiro atoms. The van der Waals surface area contributed by atoms with E-state index in [1.54, 1.807) is 19.5 Å². The molecule has 2 aromatic heterocycles. The summed E-state index contributed by atoms with van der Waals surface area (Å²) >= 11 is 0. The van der Waals surface area contributed by atoms with Gasteiger partial charge in [0, 0.05) is 38.4 Å². The quantitative estimate of drug-likeness (QED) is 0.565. The number of ether oxygens (including phenoxy) is 2. The highest BCUT2D eigenvalue weighted by atomic mass is 16.5. The van der Waals surface area contributed by atoms with Gasteiger partial charge in [-0.25, -0.2) is 4.98 Å². The number of morpholine rings is 1. The molecule has 1 amide bonds. The number of pyridine rings is 2. The van der Waals surface area contributed by atoms with Crippen LogP contribution in [0.5, 0.6) is 5.75 Å². The minimum absolute atomic E-state index is 0.122. The maximum Gasteiger partial charge on any atom is 0.224 e. The van der Waals surface area contributed by atoms with E-state index in [0.717, 1.165) is 28.6 Å². The smallest absolute Gasteiger partial charge is 0.224 e. The van der Waals surface area contributed by atoms with Crippen molar-refractivity contribution in [2.24, 2.45) is 0 Å². The number of hydrogen-bond donors (Lipinski definition) is 1. The largest absolute Gasteiger partial charge is 0.497 e. The Bertz CT molecular complexity index is 1030. The average molecular weight is 448 g/mol. The van der Waals surface area contributed by atoms with Crippen molar-refractivity contribution < 1.29 is 14.3 Å². The Hall–Kier alpha value is -3.65. The summed E-state index contributed by atoms with van der Waals surface area (Å²) in [6.07, 6.45) is 3.71. The van der Waals surface area contributed by atoms with Gasteiger partial charge in [-0.1, -0.05) is 6.07 Å². The van der Waals surface area contributed by atoms with Crippen LogP contribution in [0, 0.1) is 0 Å². The molecule has 4 rings (SSSR count). The van der Waals surface area contributed by atoms with Crippen LogP contribution in [0.25, 0.3) is 0 Å². The third kappa shape index (κ3) is 5.98. The highest BCUT2D eigenvalue weighted by Crippen LogP contribution is 2.23. The van der Waals surface area contributed by atoms with Gasteiger partial charge in [-0.2, -0.15) is 0 Å². The van der Waals surface area contributed by atoms with Gasteiger partial charge in [0.15, 0.2) is 0 Å². The zero-order chi connectivity index (χ0) is 23.0. The molecule has 33 heavy (non-hydrogen) atoms. The lowest BCUT2D eigenvalue weighted by Gasteiger charge is -2.33. The molecule has 8 nitrogen and oxygen atoms in total. The number of carbonyl (C=O) groups excluding carboxylic acids is 1. The minimum atomic E-state index is -0.231. The van der Waals surface area contributed by atoms with E-state index in [-0.39, 0.29) is 12.0 Å². The van der Waals surface area contributed by atoms with Gasteiger partial charge in [0.25, 0.3) is 0 Å². The van der Waals surface area contributed by atoms with Crippen LogP contribution in [-0.4, -0.2) is 61.2 Å². The normalized spacial score (nSPS) is 15.7. The predicted octanol–water partition coefficient (Wildman–Crippen LogP) is 3.66. The van der Waals surface area contributed by atoms with Gasteiger partial charge in [0.1, 0.15) is 17.7 Å². The SMILES string of the molecule is COc1ccc(N(C)CCC(=O)N2CCO[C@@H](c3ccc(Nc4ccccn4)cn3)C2)cc1. The average Bonchev–Trinajstić information content (AvgIpc) is 2.88. The lowest BCUT2D eigenvalue weighted by Crippen LogP contribution is -2.43. The van der Waals surface area contributed by atoms with Crippen molar-refractivity contribution in [2.75, 3.05) is 50.6 Å². The summed E-state index contributed by atoms with van der Waals surface area (Å²) in [5.74, 6) is 1.70. The maximum absolute atomic E-state index is 12.9. The Morgan fingerprint density at radius 2 is 2.03 bits per heavy atom. The van der Waals surface area contributed by atoms with Crippen LogP contribution in [0.3, 0.4) is 0 Å². The van der Waals surface area contributed by atoms with Crippen molar-refractivity contribution in [3.05, 3.63) is 72.7 Å². The molecule has 1 atom stereocenters. The molecule has 0 saturated carbocycles. The van der Waals surface area contributed by atoms with Crippen molar-refractivity contribution in [2.45, 2.75) is 12.5 Å². The van der Waals surface area contributed by atoms with Crippen molar-refractivity contribution >= 4 is 23.1 Å². The van der Waals surface area contributed by atoms with Crippen LogP contribution < -0.4 is 15.0 Å². The lowest BCUT2D eigenvalue weighted by molar-refractivity contribution is -0.138. The highest BCUT2D eigenvalue weighted by Gasteiger charge is 2.26. The zero-order valence-corrected chi connectivity index (χ0v) is 19.0. The molecule has 0 bridgehead atoms. The van der Waals surface area contributed by atoms with Crippen LogP contribution in [0.2, 0.25) is 0 Å². The van der Waals surface area contributed by atoms with E-state index < -0.39 is 0 Å². The standard InChI is InChI=1S/C25H29N5O3/c1-29(20-7-9-21(32-2)10-8-20)14-12-25(31)30-15-16-33-23(18-30)22-11-6-19(17-27-22)28-24-5-3-4-13-26-24/h3-11,13,17,23H,12,14-16,18H2,1-2H3,(H,26,28)/t23-/m1/s1. The molecule has 0 radical (unpaired) electrons. The van der Waals surface area contributed by atoms with Crippen LogP contribution in [-0.2, 0) is 9.53 Å². The third-order valence-corrected chi connectivity index (χ3v) is 5.65. The van der Waals surface area contributed by atoms with Gasteiger partial charge >= 0.3 is 0 Å². The number of hydrogen-bond acceptors (Lipinski definition) is 7. The first-order valence-electron chi connectivity index (χ1n) is 11.0. The number of amides is 1. The molecular formula is C25H29N5O3. The second kappa shape index (κ2) is 10.8. The van der Waals surface area contributed by atoms with Crippen LogP contribution in [0.15, 0.2) is 67.0 Å². The van der Waals surface area contributed by atoms with Gasteiger partial charge in [-0.15, -0.1) is 0 Å². The van der Waals surface area contributed by atoms with Crippen LogP contribution >= 0.6 is 0 Å². The topological polar surface area (TPSA) is 79.8 Å². The van der Waals surface area contributed by atoms with Gasteiger partial charge < -0.3 is 24.6 Å². The molecule has 1 aromatic carbocycles. The maximum atomic E-state index is 12.9. The summed E-state index contributed by atoms with van der Waals surface area (Å²) in [4.78, 5) is 25.6. The molecule has 3 aromatic rings. The molecule has 3 heterocycles. The van der Waals surface area contributed by atoms with Crippen molar-refractivity contribution in [3.8, 4) is 5.75 Å². The molecule has 1 saturated heterocycles. The Kier molecular flexibility index (Phi) is 7.36.